The van der Waals surface area contributed by atoms with Gasteiger partial charge < -0.3 is 10.6 Å². The summed E-state index contributed by atoms with van der Waals surface area (Å²) in [7, 11) is 2.10. The predicted octanol–water partition coefficient (Wildman–Crippen LogP) is 2.34. The Balaban J connectivity index is 0.00000128. The van der Waals surface area contributed by atoms with Crippen molar-refractivity contribution >= 4 is 23.9 Å². The Morgan fingerprint density at radius 1 is 1.44 bits per heavy atom. The van der Waals surface area contributed by atoms with E-state index in [-0.39, 0.29) is 12.4 Å². The SMILES string of the molecule is CCc1nc2c(c(N)c1C)CCCN2C.Cl. The maximum atomic E-state index is 6.18. The van der Waals surface area contributed by atoms with Gasteiger partial charge in [0.15, 0.2) is 0 Å². The number of aromatic nitrogens is 1. The lowest BCUT2D eigenvalue weighted by Gasteiger charge is -2.28. The Bertz CT molecular complexity index is 390. The highest BCUT2D eigenvalue weighted by Crippen LogP contribution is 2.32. The van der Waals surface area contributed by atoms with E-state index in [0.717, 1.165) is 36.6 Å². The van der Waals surface area contributed by atoms with Gasteiger partial charge in [0.1, 0.15) is 5.82 Å². The minimum atomic E-state index is 0. The third kappa shape index (κ3) is 1.96. The van der Waals surface area contributed by atoms with Gasteiger partial charge in [0.25, 0.3) is 0 Å². The molecule has 0 spiro atoms. The van der Waals surface area contributed by atoms with Crippen molar-refractivity contribution in [2.45, 2.75) is 33.1 Å². The van der Waals surface area contributed by atoms with Crippen LogP contribution in [-0.2, 0) is 12.8 Å². The largest absolute Gasteiger partial charge is 0.398 e. The van der Waals surface area contributed by atoms with E-state index in [0.29, 0.717) is 0 Å². The number of fused-ring (bicyclic) bond motifs is 1. The third-order valence-corrected chi connectivity index (χ3v) is 3.29. The number of nitrogens with zero attached hydrogens (tertiary/aromatic N) is 2. The second kappa shape index (κ2) is 4.91. The highest BCUT2D eigenvalue weighted by Gasteiger charge is 2.20. The molecule has 3 nitrogen and oxygen atoms in total. The van der Waals surface area contributed by atoms with Gasteiger partial charge in [-0.1, -0.05) is 6.92 Å². The monoisotopic (exact) mass is 241 g/mol. The number of nitrogens with two attached hydrogens (primary N) is 1. The normalized spacial score (nSPS) is 14.3. The van der Waals surface area contributed by atoms with E-state index in [1.54, 1.807) is 0 Å². The minimum absolute atomic E-state index is 0. The molecule has 0 radical (unpaired) electrons. The van der Waals surface area contributed by atoms with Gasteiger partial charge in [-0.3, -0.25) is 0 Å². The molecule has 16 heavy (non-hydrogen) atoms. The summed E-state index contributed by atoms with van der Waals surface area (Å²) < 4.78 is 0. The fourth-order valence-electron chi connectivity index (χ4n) is 2.29. The molecule has 0 fully saturated rings. The summed E-state index contributed by atoms with van der Waals surface area (Å²) in [6, 6.07) is 0. The van der Waals surface area contributed by atoms with Crippen LogP contribution in [0.2, 0.25) is 0 Å². The van der Waals surface area contributed by atoms with Crippen LogP contribution in [0.4, 0.5) is 11.5 Å². The van der Waals surface area contributed by atoms with Crippen molar-refractivity contribution in [3.05, 3.63) is 16.8 Å². The fraction of sp³-hybridized carbons (Fsp3) is 0.583. The zero-order valence-electron chi connectivity index (χ0n) is 10.2. The molecule has 1 aromatic heterocycles. The van der Waals surface area contributed by atoms with Crippen LogP contribution in [0.1, 0.15) is 30.2 Å². The number of rotatable bonds is 1. The average molecular weight is 242 g/mol. The van der Waals surface area contributed by atoms with Crippen LogP contribution in [0.5, 0.6) is 0 Å². The van der Waals surface area contributed by atoms with Gasteiger partial charge in [-0.25, -0.2) is 4.98 Å². The first-order valence-electron chi connectivity index (χ1n) is 5.64. The minimum Gasteiger partial charge on any atom is -0.398 e. The van der Waals surface area contributed by atoms with Crippen molar-refractivity contribution < 1.29 is 0 Å². The molecular formula is C12H20ClN3. The Morgan fingerprint density at radius 2 is 2.12 bits per heavy atom. The van der Waals surface area contributed by atoms with Gasteiger partial charge >= 0.3 is 0 Å². The molecular weight excluding hydrogens is 222 g/mol. The molecule has 2 heterocycles. The van der Waals surface area contributed by atoms with Crippen molar-refractivity contribution in [2.24, 2.45) is 0 Å². The van der Waals surface area contributed by atoms with Crippen LogP contribution in [0.3, 0.4) is 0 Å². The second-order valence-corrected chi connectivity index (χ2v) is 4.28. The van der Waals surface area contributed by atoms with E-state index in [4.69, 9.17) is 10.7 Å². The summed E-state index contributed by atoms with van der Waals surface area (Å²) >= 11 is 0. The van der Waals surface area contributed by atoms with Crippen LogP contribution in [0.15, 0.2) is 0 Å². The average Bonchev–Trinajstić information content (AvgIpc) is 2.24. The lowest BCUT2D eigenvalue weighted by molar-refractivity contribution is 0.726. The van der Waals surface area contributed by atoms with Gasteiger partial charge in [-0.2, -0.15) is 0 Å². The smallest absolute Gasteiger partial charge is 0.133 e. The van der Waals surface area contributed by atoms with Gasteiger partial charge in [0, 0.05) is 30.5 Å². The van der Waals surface area contributed by atoms with E-state index in [1.807, 2.05) is 0 Å². The quantitative estimate of drug-likeness (QED) is 0.821. The molecule has 90 valence electrons. The van der Waals surface area contributed by atoms with Crippen LogP contribution in [0.25, 0.3) is 0 Å². The lowest BCUT2D eigenvalue weighted by Crippen LogP contribution is -2.27. The molecule has 1 aliphatic heterocycles. The Hall–Kier alpha value is -0.960. The number of halogens is 1. The topological polar surface area (TPSA) is 42.1 Å². The van der Waals surface area contributed by atoms with Crippen molar-refractivity contribution in [3.8, 4) is 0 Å². The maximum Gasteiger partial charge on any atom is 0.133 e. The maximum absolute atomic E-state index is 6.18. The van der Waals surface area contributed by atoms with E-state index in [2.05, 4.69) is 25.8 Å². The standard InChI is InChI=1S/C12H19N3.ClH/c1-4-10-8(2)11(13)9-6-5-7-15(3)12(9)14-10;/h4-7H2,1-3H3,(H2,13,14);1H. The van der Waals surface area contributed by atoms with E-state index in [1.165, 1.54) is 17.5 Å². The number of aryl methyl sites for hydroxylation is 1. The first-order chi connectivity index (χ1) is 7.15. The second-order valence-electron chi connectivity index (χ2n) is 4.28. The van der Waals surface area contributed by atoms with Crippen LogP contribution in [-0.4, -0.2) is 18.6 Å². The number of hydrogen-bond donors (Lipinski definition) is 1. The number of anilines is 2. The molecule has 0 bridgehead atoms. The molecule has 0 unspecified atom stereocenters. The summed E-state index contributed by atoms with van der Waals surface area (Å²) in [5.41, 5.74) is 10.7. The van der Waals surface area contributed by atoms with Crippen molar-refractivity contribution in [1.82, 2.24) is 4.98 Å². The van der Waals surface area contributed by atoms with E-state index < -0.39 is 0 Å². The summed E-state index contributed by atoms with van der Waals surface area (Å²) in [6.45, 7) is 5.30. The van der Waals surface area contributed by atoms with Crippen molar-refractivity contribution in [1.29, 1.82) is 0 Å². The zero-order valence-corrected chi connectivity index (χ0v) is 11.0. The van der Waals surface area contributed by atoms with E-state index in [9.17, 15) is 0 Å². The first kappa shape index (κ1) is 13.1. The molecule has 1 aromatic rings. The Morgan fingerprint density at radius 3 is 2.75 bits per heavy atom. The number of pyridine rings is 1. The summed E-state index contributed by atoms with van der Waals surface area (Å²) in [5.74, 6) is 1.10. The summed E-state index contributed by atoms with van der Waals surface area (Å²) in [4.78, 5) is 6.94. The summed E-state index contributed by atoms with van der Waals surface area (Å²) in [6.07, 6.45) is 3.21. The number of hydrogen-bond acceptors (Lipinski definition) is 3. The molecule has 2 rings (SSSR count). The fourth-order valence-corrected chi connectivity index (χ4v) is 2.29. The van der Waals surface area contributed by atoms with Crippen molar-refractivity contribution in [3.63, 3.8) is 0 Å². The molecule has 1 aliphatic rings. The lowest BCUT2D eigenvalue weighted by atomic mass is 9.99. The highest BCUT2D eigenvalue weighted by atomic mass is 35.5. The zero-order chi connectivity index (χ0) is 11.0. The Kier molecular flexibility index (Phi) is 4.03. The van der Waals surface area contributed by atoms with Gasteiger partial charge in [0.2, 0.25) is 0 Å². The molecule has 0 aliphatic carbocycles. The highest BCUT2D eigenvalue weighted by molar-refractivity contribution is 5.85. The molecule has 0 aromatic carbocycles. The Labute approximate surface area is 103 Å². The molecule has 4 heteroatoms. The van der Waals surface area contributed by atoms with Crippen molar-refractivity contribution in [2.75, 3.05) is 24.2 Å². The van der Waals surface area contributed by atoms with Crippen LogP contribution >= 0.6 is 12.4 Å². The van der Waals surface area contributed by atoms with Gasteiger partial charge in [-0.05, 0) is 31.7 Å². The van der Waals surface area contributed by atoms with E-state index >= 15 is 0 Å². The van der Waals surface area contributed by atoms with Crippen LogP contribution < -0.4 is 10.6 Å². The third-order valence-electron chi connectivity index (χ3n) is 3.29. The molecule has 0 atom stereocenters. The van der Waals surface area contributed by atoms with Gasteiger partial charge in [-0.15, -0.1) is 12.4 Å². The molecule has 2 N–H and O–H groups in total. The molecule has 0 saturated heterocycles. The summed E-state index contributed by atoms with van der Waals surface area (Å²) in [5, 5.41) is 0. The predicted molar refractivity (Wildman–Crippen MR) is 71.6 cm³/mol. The van der Waals surface area contributed by atoms with Gasteiger partial charge in [0.05, 0.1) is 0 Å². The molecule has 0 amide bonds. The van der Waals surface area contributed by atoms with Crippen LogP contribution in [0, 0.1) is 6.92 Å². The number of nitrogen functional groups attached to an aromatic ring is 1. The molecule has 0 saturated carbocycles. The first-order valence-corrected chi connectivity index (χ1v) is 5.64.